The molecular formula is C15H35NO6S. The van der Waals surface area contributed by atoms with Crippen molar-refractivity contribution in [1.29, 1.82) is 0 Å². The van der Waals surface area contributed by atoms with Gasteiger partial charge in [0.2, 0.25) is 0 Å². The van der Waals surface area contributed by atoms with E-state index < -0.39 is 29.7 Å². The lowest BCUT2D eigenvalue weighted by atomic mass is 10.1. The van der Waals surface area contributed by atoms with Gasteiger partial charge >= 0.3 is 10.4 Å². The average molecular weight is 358 g/mol. The maximum Gasteiger partial charge on any atom is 0.399 e. The van der Waals surface area contributed by atoms with E-state index in [2.05, 4.69) is 15.3 Å². The first-order valence-electron chi connectivity index (χ1n) is 8.34. The number of hydrogen-bond acceptors (Lipinski definition) is 7. The summed E-state index contributed by atoms with van der Waals surface area (Å²) in [6, 6.07) is 0. The molecule has 1 atom stereocenters. The van der Waals surface area contributed by atoms with Crippen molar-refractivity contribution >= 4 is 10.4 Å². The van der Waals surface area contributed by atoms with Gasteiger partial charge in [-0.05, 0) is 6.42 Å². The van der Waals surface area contributed by atoms with Crippen LogP contribution in [-0.2, 0) is 18.8 Å². The van der Waals surface area contributed by atoms with Crippen molar-refractivity contribution in [1.82, 2.24) is 6.15 Å². The minimum absolute atomic E-state index is 0. The largest absolute Gasteiger partial charge is 0.399 e. The van der Waals surface area contributed by atoms with E-state index in [4.69, 9.17) is 10.2 Å². The fourth-order valence-corrected chi connectivity index (χ4v) is 2.71. The predicted octanol–water partition coefficient (Wildman–Crippen LogP) is 2.70. The van der Waals surface area contributed by atoms with Gasteiger partial charge in [-0.3, -0.25) is 0 Å². The van der Waals surface area contributed by atoms with Crippen LogP contribution in [0, 0.1) is 0 Å². The summed E-state index contributed by atoms with van der Waals surface area (Å²) < 4.78 is 31.6. The first-order chi connectivity index (χ1) is 10.5. The molecule has 0 aromatic heterocycles. The monoisotopic (exact) mass is 357 g/mol. The van der Waals surface area contributed by atoms with Crippen molar-refractivity contribution < 1.29 is 27.0 Å². The molecule has 0 saturated heterocycles. The zero-order chi connectivity index (χ0) is 16.7. The summed E-state index contributed by atoms with van der Waals surface area (Å²) in [6.45, 7) is 1.26. The second kappa shape index (κ2) is 16.6. The van der Waals surface area contributed by atoms with E-state index in [1.54, 1.807) is 0 Å². The van der Waals surface area contributed by atoms with Crippen molar-refractivity contribution in [2.45, 2.75) is 77.2 Å². The van der Waals surface area contributed by atoms with Gasteiger partial charge in [0.1, 0.15) is 6.10 Å². The molecule has 0 aromatic carbocycles. The molecule has 0 saturated carbocycles. The van der Waals surface area contributed by atoms with E-state index in [-0.39, 0.29) is 12.8 Å². The third-order valence-corrected chi connectivity index (χ3v) is 4.22. The maximum absolute atomic E-state index is 11.3. The Bertz CT molecular complexity index is 337. The molecule has 0 amide bonds. The smallest absolute Gasteiger partial charge is 0.394 e. The molecule has 142 valence electrons. The van der Waals surface area contributed by atoms with Crippen LogP contribution >= 0.6 is 0 Å². The molecule has 0 aliphatic carbocycles. The molecular weight excluding hydrogens is 322 g/mol. The van der Waals surface area contributed by atoms with Crippen LogP contribution in [-0.4, -0.2) is 44.6 Å². The highest BCUT2D eigenvalue weighted by Gasteiger charge is 2.14. The van der Waals surface area contributed by atoms with Crippen LogP contribution in [0.15, 0.2) is 0 Å². The summed E-state index contributed by atoms with van der Waals surface area (Å²) in [4.78, 5) is 0. The summed E-state index contributed by atoms with van der Waals surface area (Å²) >= 11 is 0. The van der Waals surface area contributed by atoms with Gasteiger partial charge in [-0.15, -0.1) is 0 Å². The van der Waals surface area contributed by atoms with Gasteiger partial charge in [0.05, 0.1) is 19.8 Å². The second-order valence-corrected chi connectivity index (χ2v) is 6.82. The standard InChI is InChI=1S/C15H32O6S.H3N/c1-2-3-4-5-6-7-8-9-10-11-12-20-22(18,19)21-14-15(17)13-16;/h15-17H,2-14H2,1H3;1H3. The van der Waals surface area contributed by atoms with E-state index in [0.717, 1.165) is 12.8 Å². The Morgan fingerprint density at radius 1 is 0.870 bits per heavy atom. The summed E-state index contributed by atoms with van der Waals surface area (Å²) in [6.07, 6.45) is 10.4. The van der Waals surface area contributed by atoms with Gasteiger partial charge in [0, 0.05) is 0 Å². The van der Waals surface area contributed by atoms with Gasteiger partial charge in [0.15, 0.2) is 0 Å². The first-order valence-corrected chi connectivity index (χ1v) is 9.68. The number of hydrogen-bond donors (Lipinski definition) is 3. The summed E-state index contributed by atoms with van der Waals surface area (Å²) in [5.74, 6) is 0. The lowest BCUT2D eigenvalue weighted by molar-refractivity contribution is 0.0487. The van der Waals surface area contributed by atoms with Crippen LogP contribution in [0.5, 0.6) is 0 Å². The fraction of sp³-hybridized carbons (Fsp3) is 1.00. The van der Waals surface area contributed by atoms with Crippen LogP contribution in [0.2, 0.25) is 0 Å². The Hall–Kier alpha value is -0.250. The highest BCUT2D eigenvalue weighted by molar-refractivity contribution is 7.81. The van der Waals surface area contributed by atoms with Gasteiger partial charge in [-0.1, -0.05) is 64.7 Å². The van der Waals surface area contributed by atoms with Crippen LogP contribution in [0.25, 0.3) is 0 Å². The van der Waals surface area contributed by atoms with Crippen LogP contribution in [0.4, 0.5) is 0 Å². The summed E-state index contributed by atoms with van der Waals surface area (Å²) in [7, 11) is -4.07. The number of aliphatic hydroxyl groups is 2. The highest BCUT2D eigenvalue weighted by atomic mass is 32.3. The maximum atomic E-state index is 11.3. The van der Waals surface area contributed by atoms with Gasteiger partial charge in [0.25, 0.3) is 0 Å². The summed E-state index contributed by atoms with van der Waals surface area (Å²) in [5, 5.41) is 17.5. The summed E-state index contributed by atoms with van der Waals surface area (Å²) in [5.41, 5.74) is 0. The van der Waals surface area contributed by atoms with Crippen LogP contribution < -0.4 is 6.15 Å². The van der Waals surface area contributed by atoms with Crippen molar-refractivity contribution in [3.8, 4) is 0 Å². The van der Waals surface area contributed by atoms with Crippen molar-refractivity contribution in [3.63, 3.8) is 0 Å². The van der Waals surface area contributed by atoms with Gasteiger partial charge in [-0.2, -0.15) is 8.42 Å². The third-order valence-electron chi connectivity index (χ3n) is 3.34. The molecule has 0 rings (SSSR count). The van der Waals surface area contributed by atoms with E-state index in [9.17, 15) is 8.42 Å². The second-order valence-electron chi connectivity index (χ2n) is 5.53. The predicted molar refractivity (Wildman–Crippen MR) is 90.8 cm³/mol. The number of unbranched alkanes of at least 4 members (excludes halogenated alkanes) is 9. The first kappa shape index (κ1) is 25.0. The third kappa shape index (κ3) is 17.9. The van der Waals surface area contributed by atoms with E-state index >= 15 is 0 Å². The van der Waals surface area contributed by atoms with Crippen molar-refractivity contribution in [3.05, 3.63) is 0 Å². The van der Waals surface area contributed by atoms with Crippen molar-refractivity contribution in [2.75, 3.05) is 19.8 Å². The Morgan fingerprint density at radius 3 is 1.83 bits per heavy atom. The molecule has 0 heterocycles. The molecule has 0 bridgehead atoms. The fourth-order valence-electron chi connectivity index (χ4n) is 2.00. The van der Waals surface area contributed by atoms with E-state index in [1.807, 2.05) is 0 Å². The van der Waals surface area contributed by atoms with Crippen molar-refractivity contribution in [2.24, 2.45) is 0 Å². The van der Waals surface area contributed by atoms with Gasteiger partial charge in [-0.25, -0.2) is 8.37 Å². The normalized spacial score (nSPS) is 12.8. The quantitative estimate of drug-likeness (QED) is 0.362. The minimum atomic E-state index is -4.07. The molecule has 0 radical (unpaired) electrons. The minimum Gasteiger partial charge on any atom is -0.394 e. The average Bonchev–Trinajstić information content (AvgIpc) is 2.50. The van der Waals surface area contributed by atoms with E-state index in [0.29, 0.717) is 6.42 Å². The molecule has 8 heteroatoms. The molecule has 0 aromatic rings. The molecule has 7 nitrogen and oxygen atoms in total. The lowest BCUT2D eigenvalue weighted by Gasteiger charge is -2.08. The Balaban J connectivity index is 0. The Kier molecular flexibility index (Phi) is 18.0. The van der Waals surface area contributed by atoms with E-state index in [1.165, 1.54) is 44.9 Å². The van der Waals surface area contributed by atoms with Gasteiger partial charge < -0.3 is 16.4 Å². The zero-order valence-corrected chi connectivity index (χ0v) is 15.2. The molecule has 5 N–H and O–H groups in total. The molecule has 0 spiro atoms. The Morgan fingerprint density at radius 2 is 1.35 bits per heavy atom. The Labute approximate surface area is 141 Å². The SMILES string of the molecule is CCCCCCCCCCCCOS(=O)(=O)OCC(O)CO.N. The molecule has 23 heavy (non-hydrogen) atoms. The van der Waals surface area contributed by atoms with Crippen LogP contribution in [0.3, 0.4) is 0 Å². The molecule has 0 aliphatic heterocycles. The number of aliphatic hydroxyl groups excluding tert-OH is 2. The molecule has 0 aliphatic rings. The topological polar surface area (TPSA) is 128 Å². The zero-order valence-electron chi connectivity index (χ0n) is 14.4. The molecule has 1 unspecified atom stereocenters. The lowest BCUT2D eigenvalue weighted by Crippen LogP contribution is -2.23. The number of rotatable bonds is 16. The van der Waals surface area contributed by atoms with Crippen LogP contribution in [0.1, 0.15) is 71.1 Å². The highest BCUT2D eigenvalue weighted by Crippen LogP contribution is 2.11. The molecule has 0 fully saturated rings.